The van der Waals surface area contributed by atoms with Crippen molar-refractivity contribution in [2.75, 3.05) is 19.0 Å². The van der Waals surface area contributed by atoms with Crippen molar-refractivity contribution in [3.05, 3.63) is 89.6 Å². The number of methoxy groups -OCH3 is 1. The van der Waals surface area contributed by atoms with Gasteiger partial charge in [0.25, 0.3) is 11.5 Å². The van der Waals surface area contributed by atoms with E-state index in [2.05, 4.69) is 10.3 Å². The summed E-state index contributed by atoms with van der Waals surface area (Å²) in [6.07, 6.45) is 0. The summed E-state index contributed by atoms with van der Waals surface area (Å²) < 4.78 is 12.3. The zero-order valence-electron chi connectivity index (χ0n) is 19.0. The number of fused-ring (bicyclic) bond motifs is 2. The molecule has 178 valence electrons. The Kier molecular flexibility index (Phi) is 5.82. The number of anilines is 1. The maximum Gasteiger partial charge on any atom is 0.338 e. The van der Waals surface area contributed by atoms with E-state index in [1.165, 1.54) is 4.57 Å². The van der Waals surface area contributed by atoms with Crippen LogP contribution in [-0.4, -0.2) is 30.2 Å². The van der Waals surface area contributed by atoms with Gasteiger partial charge < -0.3 is 14.8 Å². The molecule has 0 bridgehead atoms. The van der Waals surface area contributed by atoms with Crippen molar-refractivity contribution in [2.45, 2.75) is 19.9 Å². The Bertz CT molecular complexity index is 1620. The van der Waals surface area contributed by atoms with E-state index in [9.17, 15) is 14.4 Å². The lowest BCUT2D eigenvalue weighted by Gasteiger charge is -2.25. The monoisotopic (exact) mass is 509 g/mol. The molecule has 0 unspecified atom stereocenters. The average molecular weight is 510 g/mol. The number of benzene rings is 2. The van der Waals surface area contributed by atoms with Crippen LogP contribution in [0.2, 0.25) is 5.02 Å². The van der Waals surface area contributed by atoms with Crippen LogP contribution in [0.5, 0.6) is 5.75 Å². The smallest absolute Gasteiger partial charge is 0.338 e. The second-order valence-corrected chi connectivity index (χ2v) is 9.33. The predicted molar refractivity (Wildman–Crippen MR) is 132 cm³/mol. The van der Waals surface area contributed by atoms with Crippen LogP contribution >= 0.6 is 22.9 Å². The molecule has 1 aromatic heterocycles. The fraction of sp³-hybridized carbons (Fsp3) is 0.200. The Morgan fingerprint density at radius 1 is 1.23 bits per heavy atom. The Morgan fingerprint density at radius 3 is 2.77 bits per heavy atom. The van der Waals surface area contributed by atoms with E-state index in [1.54, 1.807) is 57.4 Å². The van der Waals surface area contributed by atoms with Crippen LogP contribution in [0, 0.1) is 0 Å². The molecule has 0 radical (unpaired) electrons. The summed E-state index contributed by atoms with van der Waals surface area (Å²) in [5, 5.41) is 3.23. The second kappa shape index (κ2) is 8.83. The van der Waals surface area contributed by atoms with E-state index >= 15 is 0 Å². The van der Waals surface area contributed by atoms with Crippen LogP contribution in [0.25, 0.3) is 5.57 Å². The molecule has 0 saturated carbocycles. The Labute approximate surface area is 208 Å². The number of esters is 1. The van der Waals surface area contributed by atoms with E-state index < -0.39 is 23.5 Å². The summed E-state index contributed by atoms with van der Waals surface area (Å²) >= 11 is 7.28. The van der Waals surface area contributed by atoms with Gasteiger partial charge >= 0.3 is 5.97 Å². The minimum absolute atomic E-state index is 0.173. The van der Waals surface area contributed by atoms with Gasteiger partial charge in [0.05, 0.1) is 36.6 Å². The number of halogens is 1. The van der Waals surface area contributed by atoms with Crippen molar-refractivity contribution in [3.63, 3.8) is 0 Å². The number of allylic oxidation sites excluding steroid dienone is 1. The van der Waals surface area contributed by atoms with Crippen LogP contribution in [-0.2, 0) is 14.3 Å². The van der Waals surface area contributed by atoms with Gasteiger partial charge in [-0.25, -0.2) is 9.79 Å². The van der Waals surface area contributed by atoms with Gasteiger partial charge in [-0.15, -0.1) is 0 Å². The van der Waals surface area contributed by atoms with E-state index in [0.29, 0.717) is 38.1 Å². The fourth-order valence-electron chi connectivity index (χ4n) is 4.33. The van der Waals surface area contributed by atoms with Crippen LogP contribution in [0.3, 0.4) is 0 Å². The molecule has 35 heavy (non-hydrogen) atoms. The van der Waals surface area contributed by atoms with Crippen LogP contribution in [0.4, 0.5) is 5.69 Å². The van der Waals surface area contributed by atoms with Crippen LogP contribution in [0.1, 0.15) is 31.0 Å². The molecule has 1 atom stereocenters. The topological polar surface area (TPSA) is 99.0 Å². The van der Waals surface area contributed by atoms with E-state index in [1.807, 2.05) is 6.07 Å². The number of rotatable bonds is 4. The highest BCUT2D eigenvalue weighted by Gasteiger charge is 2.35. The molecule has 1 amide bonds. The molecule has 3 aromatic rings. The van der Waals surface area contributed by atoms with Gasteiger partial charge in [-0.05, 0) is 49.7 Å². The third-order valence-corrected chi connectivity index (χ3v) is 7.14. The normalized spacial score (nSPS) is 17.9. The lowest BCUT2D eigenvalue weighted by molar-refractivity contribution is -0.139. The molecule has 0 spiro atoms. The number of amides is 1. The molecular formula is C25H20ClN3O5S. The van der Waals surface area contributed by atoms with E-state index in [4.69, 9.17) is 21.1 Å². The van der Waals surface area contributed by atoms with Gasteiger partial charge in [-0.1, -0.05) is 35.1 Å². The van der Waals surface area contributed by atoms with E-state index in [-0.39, 0.29) is 22.3 Å². The molecule has 1 N–H and O–H groups in total. The first-order valence-electron chi connectivity index (χ1n) is 10.8. The highest BCUT2D eigenvalue weighted by atomic mass is 35.5. The van der Waals surface area contributed by atoms with Crippen LogP contribution < -0.4 is 24.9 Å². The third-order valence-electron chi connectivity index (χ3n) is 5.86. The summed E-state index contributed by atoms with van der Waals surface area (Å²) in [7, 11) is 1.54. The van der Waals surface area contributed by atoms with Gasteiger partial charge in [-0.2, -0.15) is 0 Å². The molecular weight excluding hydrogens is 490 g/mol. The number of carbonyl (C=O) groups excluding carboxylic acids is 2. The molecule has 0 fully saturated rings. The Morgan fingerprint density at radius 2 is 2.03 bits per heavy atom. The maximum absolute atomic E-state index is 13.9. The first-order chi connectivity index (χ1) is 16.8. The van der Waals surface area contributed by atoms with Gasteiger partial charge in [-0.3, -0.25) is 14.2 Å². The maximum atomic E-state index is 13.9. The number of nitrogens with zero attached hydrogens (tertiary/aromatic N) is 2. The molecule has 0 aliphatic carbocycles. The minimum Gasteiger partial charge on any atom is -0.497 e. The van der Waals surface area contributed by atoms with Gasteiger partial charge in [0, 0.05) is 16.3 Å². The predicted octanol–water partition coefficient (Wildman–Crippen LogP) is 2.78. The summed E-state index contributed by atoms with van der Waals surface area (Å²) in [6, 6.07) is 11.3. The van der Waals surface area contributed by atoms with Crippen molar-refractivity contribution >= 4 is 46.1 Å². The van der Waals surface area contributed by atoms with Gasteiger partial charge in [0.1, 0.15) is 10.3 Å². The number of hydrogen-bond donors (Lipinski definition) is 1. The van der Waals surface area contributed by atoms with Crippen molar-refractivity contribution < 1.29 is 19.1 Å². The van der Waals surface area contributed by atoms with Crippen molar-refractivity contribution in [1.29, 1.82) is 0 Å². The number of nitrogens with one attached hydrogen (secondary N) is 1. The molecule has 5 rings (SSSR count). The van der Waals surface area contributed by atoms with Crippen LogP contribution in [0.15, 0.2) is 63.5 Å². The molecule has 2 aromatic carbocycles. The first kappa shape index (κ1) is 23.1. The summed E-state index contributed by atoms with van der Waals surface area (Å²) in [4.78, 5) is 44.7. The quantitative estimate of drug-likeness (QED) is 0.545. The number of hydrogen-bond acceptors (Lipinski definition) is 7. The van der Waals surface area contributed by atoms with Gasteiger partial charge in [0.15, 0.2) is 4.80 Å². The largest absolute Gasteiger partial charge is 0.497 e. The SMILES string of the molecule is CCOC(=O)C1=C(C)N=c2s/c(=C3\C(=O)Nc4ccc(Cl)cc43)c(=O)n2[C@@H]1c1cccc(OC)c1. The number of ether oxygens (including phenoxy) is 2. The summed E-state index contributed by atoms with van der Waals surface area (Å²) in [6.45, 7) is 3.59. The minimum atomic E-state index is -0.807. The molecule has 3 heterocycles. The van der Waals surface area contributed by atoms with Crippen molar-refractivity contribution in [2.24, 2.45) is 4.99 Å². The Hall–Kier alpha value is -3.69. The zero-order chi connectivity index (χ0) is 24.9. The average Bonchev–Trinajstić information content (AvgIpc) is 3.32. The first-order valence-corrected chi connectivity index (χ1v) is 12.0. The fourth-order valence-corrected chi connectivity index (χ4v) is 5.65. The second-order valence-electron chi connectivity index (χ2n) is 7.92. The Balaban J connectivity index is 1.83. The third kappa shape index (κ3) is 3.77. The lowest BCUT2D eigenvalue weighted by atomic mass is 9.95. The number of carbonyl (C=O) groups is 2. The molecule has 8 nitrogen and oxygen atoms in total. The molecule has 2 aliphatic heterocycles. The number of aromatic nitrogens is 1. The molecule has 10 heteroatoms. The molecule has 0 saturated heterocycles. The van der Waals surface area contributed by atoms with Crippen molar-refractivity contribution in [3.8, 4) is 5.75 Å². The standard InChI is InChI=1S/C25H20ClN3O5S/c1-4-34-24(32)18-12(2)27-25-29(20(18)13-6-5-7-15(10-13)33-3)23(31)21(35-25)19-16-11-14(26)8-9-17(16)28-22(19)30/h5-11,20H,4H2,1-3H3,(H,28,30)/b21-19-/t20-/m1/s1. The number of thiazole rings is 1. The molecule has 2 aliphatic rings. The summed E-state index contributed by atoms with van der Waals surface area (Å²) in [5.74, 6) is -0.383. The van der Waals surface area contributed by atoms with Gasteiger partial charge in [0.2, 0.25) is 0 Å². The van der Waals surface area contributed by atoms with E-state index in [0.717, 1.165) is 11.3 Å². The van der Waals surface area contributed by atoms with Crippen molar-refractivity contribution in [1.82, 2.24) is 4.57 Å². The lowest BCUT2D eigenvalue weighted by Crippen LogP contribution is -2.40. The zero-order valence-corrected chi connectivity index (χ0v) is 20.6. The summed E-state index contributed by atoms with van der Waals surface area (Å²) in [5.41, 5.74) is 2.26. The highest BCUT2D eigenvalue weighted by Crippen LogP contribution is 2.34. The highest BCUT2D eigenvalue weighted by molar-refractivity contribution is 7.07.